The summed E-state index contributed by atoms with van der Waals surface area (Å²) in [6, 6.07) is 8.35. The summed E-state index contributed by atoms with van der Waals surface area (Å²) in [7, 11) is 0. The van der Waals surface area contributed by atoms with Gasteiger partial charge in [0.05, 0.1) is 5.69 Å². The number of nitrogens with one attached hydrogen (secondary N) is 1. The monoisotopic (exact) mass is 287 g/mol. The molecule has 0 saturated carbocycles. The van der Waals surface area contributed by atoms with E-state index in [0.717, 1.165) is 0 Å². The van der Waals surface area contributed by atoms with E-state index in [1.165, 1.54) is 36.4 Å². The number of aromatic carboxylic acids is 1. The Morgan fingerprint density at radius 3 is 2.43 bits per heavy atom. The van der Waals surface area contributed by atoms with Crippen molar-refractivity contribution in [1.82, 2.24) is 0 Å². The minimum atomic E-state index is -1.29. The van der Waals surface area contributed by atoms with Crippen LogP contribution >= 0.6 is 0 Å². The average molecular weight is 287 g/mol. The minimum Gasteiger partial charge on any atom is -0.508 e. The van der Waals surface area contributed by atoms with Gasteiger partial charge in [0.1, 0.15) is 11.3 Å². The Labute approximate surface area is 120 Å². The normalized spacial score (nSPS) is 10.1. The highest BCUT2D eigenvalue weighted by Crippen LogP contribution is 2.28. The summed E-state index contributed by atoms with van der Waals surface area (Å²) in [6.07, 6.45) is 0. The zero-order valence-corrected chi connectivity index (χ0v) is 11.1. The molecule has 0 spiro atoms. The van der Waals surface area contributed by atoms with Gasteiger partial charge in [0.2, 0.25) is 0 Å². The molecule has 0 aliphatic heterocycles. The van der Waals surface area contributed by atoms with Crippen molar-refractivity contribution < 1.29 is 24.9 Å². The molecule has 0 fully saturated rings. The number of phenols is 2. The molecule has 0 aliphatic carbocycles. The predicted molar refractivity (Wildman–Crippen MR) is 75.9 cm³/mol. The number of amides is 1. The number of rotatable bonds is 3. The van der Waals surface area contributed by atoms with Crippen molar-refractivity contribution in [3.05, 3.63) is 53.1 Å². The van der Waals surface area contributed by atoms with Gasteiger partial charge in [-0.05, 0) is 42.8 Å². The lowest BCUT2D eigenvalue weighted by molar-refractivity contribution is 0.0693. The van der Waals surface area contributed by atoms with Gasteiger partial charge < -0.3 is 20.6 Å². The number of anilines is 1. The highest BCUT2D eigenvalue weighted by atomic mass is 16.4. The van der Waals surface area contributed by atoms with Crippen LogP contribution in [0.4, 0.5) is 5.69 Å². The third kappa shape index (κ3) is 2.94. The fourth-order valence-electron chi connectivity index (χ4n) is 1.81. The molecule has 1 amide bonds. The summed E-state index contributed by atoms with van der Waals surface area (Å²) in [4.78, 5) is 23.0. The fourth-order valence-corrected chi connectivity index (χ4v) is 1.81. The van der Waals surface area contributed by atoms with Crippen molar-refractivity contribution in [1.29, 1.82) is 0 Å². The third-order valence-corrected chi connectivity index (χ3v) is 2.97. The van der Waals surface area contributed by atoms with E-state index < -0.39 is 17.6 Å². The van der Waals surface area contributed by atoms with Crippen molar-refractivity contribution in [2.45, 2.75) is 6.92 Å². The van der Waals surface area contributed by atoms with Gasteiger partial charge in [-0.15, -0.1) is 0 Å². The Morgan fingerprint density at radius 2 is 1.81 bits per heavy atom. The molecule has 0 unspecified atom stereocenters. The number of hydrogen-bond donors (Lipinski definition) is 4. The van der Waals surface area contributed by atoms with Gasteiger partial charge in [0.15, 0.2) is 5.75 Å². The number of carbonyl (C=O) groups excluding carboxylic acids is 1. The third-order valence-electron chi connectivity index (χ3n) is 2.97. The number of para-hydroxylation sites is 1. The van der Waals surface area contributed by atoms with Crippen LogP contribution in [0.3, 0.4) is 0 Å². The van der Waals surface area contributed by atoms with Gasteiger partial charge in [-0.25, -0.2) is 4.79 Å². The van der Waals surface area contributed by atoms with Crippen LogP contribution in [0.15, 0.2) is 36.4 Å². The maximum absolute atomic E-state index is 12.1. The van der Waals surface area contributed by atoms with Crippen LogP contribution in [0.25, 0.3) is 0 Å². The first kappa shape index (κ1) is 14.4. The number of aromatic hydroxyl groups is 2. The van der Waals surface area contributed by atoms with Gasteiger partial charge in [-0.2, -0.15) is 0 Å². The number of benzene rings is 2. The maximum Gasteiger partial charge on any atom is 0.339 e. The summed E-state index contributed by atoms with van der Waals surface area (Å²) in [5.41, 5.74) is 0.525. The Morgan fingerprint density at radius 1 is 1.10 bits per heavy atom. The van der Waals surface area contributed by atoms with Crippen molar-refractivity contribution in [3.63, 3.8) is 0 Å². The van der Waals surface area contributed by atoms with E-state index in [-0.39, 0.29) is 22.6 Å². The molecular weight excluding hydrogens is 274 g/mol. The minimum absolute atomic E-state index is 0.00521. The summed E-state index contributed by atoms with van der Waals surface area (Å²) in [5.74, 6) is -2.24. The molecule has 0 radical (unpaired) electrons. The van der Waals surface area contributed by atoms with Crippen LogP contribution in [0.2, 0.25) is 0 Å². The molecule has 0 heterocycles. The van der Waals surface area contributed by atoms with Crippen LogP contribution in [-0.4, -0.2) is 27.2 Å². The van der Waals surface area contributed by atoms with Gasteiger partial charge >= 0.3 is 5.97 Å². The quantitative estimate of drug-likeness (QED) is 0.648. The number of hydrogen-bond acceptors (Lipinski definition) is 4. The van der Waals surface area contributed by atoms with Crippen molar-refractivity contribution in [2.24, 2.45) is 0 Å². The summed E-state index contributed by atoms with van der Waals surface area (Å²) in [6.45, 7) is 1.65. The number of carboxylic acids is 1. The molecule has 108 valence electrons. The van der Waals surface area contributed by atoms with E-state index in [0.29, 0.717) is 5.56 Å². The topological polar surface area (TPSA) is 107 Å². The van der Waals surface area contributed by atoms with Gasteiger partial charge in [-0.1, -0.05) is 6.07 Å². The zero-order chi connectivity index (χ0) is 15.6. The lowest BCUT2D eigenvalue weighted by Gasteiger charge is -2.09. The smallest absolute Gasteiger partial charge is 0.339 e. The first-order chi connectivity index (χ1) is 9.90. The van der Waals surface area contributed by atoms with Crippen LogP contribution in [0.5, 0.6) is 11.5 Å². The molecule has 0 saturated heterocycles. The molecule has 6 heteroatoms. The first-order valence-electron chi connectivity index (χ1n) is 6.06. The van der Waals surface area contributed by atoms with Crippen molar-refractivity contribution in [3.8, 4) is 11.5 Å². The van der Waals surface area contributed by atoms with E-state index in [9.17, 15) is 19.8 Å². The van der Waals surface area contributed by atoms with Gasteiger partial charge in [0, 0.05) is 5.56 Å². The van der Waals surface area contributed by atoms with E-state index >= 15 is 0 Å². The highest BCUT2D eigenvalue weighted by molar-refractivity contribution is 6.06. The molecule has 6 nitrogen and oxygen atoms in total. The molecule has 2 aromatic rings. The molecule has 0 bridgehead atoms. The Kier molecular flexibility index (Phi) is 3.80. The van der Waals surface area contributed by atoms with Gasteiger partial charge in [0.25, 0.3) is 5.91 Å². The first-order valence-corrected chi connectivity index (χ1v) is 6.06. The molecule has 0 aromatic heterocycles. The zero-order valence-electron chi connectivity index (χ0n) is 11.1. The summed E-state index contributed by atoms with van der Waals surface area (Å²) >= 11 is 0. The number of phenolic OH excluding ortho intramolecular Hbond substituents is 1. The Bertz CT molecular complexity index is 724. The van der Waals surface area contributed by atoms with E-state index in [1.807, 2.05) is 0 Å². The lowest BCUT2D eigenvalue weighted by Crippen LogP contribution is -2.13. The van der Waals surface area contributed by atoms with E-state index in [2.05, 4.69) is 5.32 Å². The maximum atomic E-state index is 12.1. The Balaban J connectivity index is 2.29. The van der Waals surface area contributed by atoms with Crippen LogP contribution < -0.4 is 5.32 Å². The second kappa shape index (κ2) is 5.54. The Hall–Kier alpha value is -3.02. The van der Waals surface area contributed by atoms with Crippen LogP contribution in [0, 0.1) is 6.92 Å². The second-order valence-electron chi connectivity index (χ2n) is 4.46. The largest absolute Gasteiger partial charge is 0.508 e. The molecule has 0 atom stereocenters. The molecule has 0 aliphatic rings. The summed E-state index contributed by atoms with van der Waals surface area (Å²) < 4.78 is 0. The summed E-state index contributed by atoms with van der Waals surface area (Å²) in [5, 5.41) is 30.6. The standard InChI is InChI=1S/C15H13NO5/c1-8-7-9(5-6-12(8)17)14(19)16-11-4-2-3-10(13(11)18)15(20)21/h2-7,17-18H,1H3,(H,16,19)(H,20,21). The van der Waals surface area contributed by atoms with Crippen LogP contribution in [0.1, 0.15) is 26.3 Å². The molecule has 4 N–H and O–H groups in total. The fraction of sp³-hybridized carbons (Fsp3) is 0.0667. The molecule has 21 heavy (non-hydrogen) atoms. The van der Waals surface area contributed by atoms with Gasteiger partial charge in [-0.3, -0.25) is 4.79 Å². The second-order valence-corrected chi connectivity index (χ2v) is 4.46. The average Bonchev–Trinajstić information content (AvgIpc) is 2.43. The lowest BCUT2D eigenvalue weighted by atomic mass is 10.1. The predicted octanol–water partition coefficient (Wildman–Crippen LogP) is 2.36. The molecule has 2 aromatic carbocycles. The van der Waals surface area contributed by atoms with Crippen LogP contribution in [-0.2, 0) is 0 Å². The van der Waals surface area contributed by atoms with E-state index in [4.69, 9.17) is 5.11 Å². The van der Waals surface area contributed by atoms with Crippen molar-refractivity contribution >= 4 is 17.6 Å². The number of carboxylic acid groups (broad SMARTS) is 1. The highest BCUT2D eigenvalue weighted by Gasteiger charge is 2.15. The van der Waals surface area contributed by atoms with E-state index in [1.54, 1.807) is 6.92 Å². The van der Waals surface area contributed by atoms with Crippen molar-refractivity contribution in [2.75, 3.05) is 5.32 Å². The molecule has 2 rings (SSSR count). The molecular formula is C15H13NO5. The number of carbonyl (C=O) groups is 2. The SMILES string of the molecule is Cc1cc(C(=O)Nc2cccc(C(=O)O)c2O)ccc1O. The number of aryl methyl sites for hydroxylation is 1.